The van der Waals surface area contributed by atoms with Crippen molar-refractivity contribution in [3.63, 3.8) is 0 Å². The van der Waals surface area contributed by atoms with Gasteiger partial charge in [-0.2, -0.15) is 0 Å². The highest BCUT2D eigenvalue weighted by Crippen LogP contribution is 2.29. The Labute approximate surface area is 186 Å². The SMILES string of the molecule is O=C(COc1ccccc1Cl)Nc1ccccc1C(=O)N1CCC(c2ccccc2)C1. The lowest BCUT2D eigenvalue weighted by Crippen LogP contribution is -2.30. The van der Waals surface area contributed by atoms with E-state index < -0.39 is 0 Å². The van der Waals surface area contributed by atoms with Gasteiger partial charge in [-0.15, -0.1) is 0 Å². The Morgan fingerprint density at radius 2 is 1.68 bits per heavy atom. The Bertz CT molecular complexity index is 1070. The maximum Gasteiger partial charge on any atom is 0.262 e. The van der Waals surface area contributed by atoms with Crippen LogP contribution in [0.2, 0.25) is 5.02 Å². The van der Waals surface area contributed by atoms with E-state index in [0.717, 1.165) is 6.42 Å². The molecule has 31 heavy (non-hydrogen) atoms. The van der Waals surface area contributed by atoms with E-state index >= 15 is 0 Å². The number of benzene rings is 3. The van der Waals surface area contributed by atoms with Gasteiger partial charge < -0.3 is 15.0 Å². The fourth-order valence-corrected chi connectivity index (χ4v) is 3.97. The number of carbonyl (C=O) groups is 2. The first-order valence-electron chi connectivity index (χ1n) is 10.2. The van der Waals surface area contributed by atoms with Crippen LogP contribution in [-0.4, -0.2) is 36.4 Å². The molecule has 0 aliphatic carbocycles. The van der Waals surface area contributed by atoms with Crippen LogP contribution in [-0.2, 0) is 4.79 Å². The van der Waals surface area contributed by atoms with Gasteiger partial charge in [0.15, 0.2) is 6.61 Å². The third-order valence-electron chi connectivity index (χ3n) is 5.37. The number of halogens is 1. The highest BCUT2D eigenvalue weighted by molar-refractivity contribution is 6.32. The maximum absolute atomic E-state index is 13.2. The molecule has 6 heteroatoms. The molecule has 1 atom stereocenters. The number of anilines is 1. The van der Waals surface area contributed by atoms with Gasteiger partial charge in [0.25, 0.3) is 11.8 Å². The van der Waals surface area contributed by atoms with Crippen LogP contribution in [0.1, 0.15) is 28.3 Å². The molecule has 1 heterocycles. The van der Waals surface area contributed by atoms with Crippen LogP contribution in [0, 0.1) is 0 Å². The molecular weight excluding hydrogens is 412 g/mol. The van der Waals surface area contributed by atoms with E-state index in [4.69, 9.17) is 16.3 Å². The normalized spacial score (nSPS) is 15.5. The Kier molecular flexibility index (Phi) is 6.53. The van der Waals surface area contributed by atoms with Crippen molar-refractivity contribution in [2.75, 3.05) is 25.0 Å². The zero-order valence-electron chi connectivity index (χ0n) is 17.0. The Morgan fingerprint density at radius 1 is 0.968 bits per heavy atom. The number of hydrogen-bond acceptors (Lipinski definition) is 3. The van der Waals surface area contributed by atoms with Gasteiger partial charge in [-0.3, -0.25) is 9.59 Å². The van der Waals surface area contributed by atoms with Gasteiger partial charge in [0.05, 0.1) is 16.3 Å². The molecule has 0 spiro atoms. The Hall–Kier alpha value is -3.31. The number of hydrogen-bond donors (Lipinski definition) is 1. The molecule has 3 aromatic rings. The van der Waals surface area contributed by atoms with Crippen molar-refractivity contribution in [1.82, 2.24) is 4.90 Å². The number of ether oxygens (including phenoxy) is 1. The standard InChI is InChI=1S/C25H23ClN2O3/c26-21-11-5-7-13-23(21)31-17-24(29)27-22-12-6-4-10-20(22)25(30)28-15-14-19(16-28)18-8-2-1-3-9-18/h1-13,19H,14-17H2,(H,27,29). The van der Waals surface area contributed by atoms with Gasteiger partial charge in [-0.05, 0) is 36.2 Å². The minimum absolute atomic E-state index is 0.0821. The van der Waals surface area contributed by atoms with E-state index in [-0.39, 0.29) is 18.4 Å². The van der Waals surface area contributed by atoms with Crippen molar-refractivity contribution < 1.29 is 14.3 Å². The highest BCUT2D eigenvalue weighted by Gasteiger charge is 2.29. The number of nitrogens with one attached hydrogen (secondary N) is 1. The molecule has 5 nitrogen and oxygen atoms in total. The molecule has 1 aliphatic rings. The van der Waals surface area contributed by atoms with Gasteiger partial charge in [-0.1, -0.05) is 66.2 Å². The van der Waals surface area contributed by atoms with Crippen molar-refractivity contribution >= 4 is 29.1 Å². The molecule has 1 unspecified atom stereocenters. The number of para-hydroxylation sites is 2. The fraction of sp³-hybridized carbons (Fsp3) is 0.200. The second-order valence-corrected chi connectivity index (χ2v) is 7.87. The fourth-order valence-electron chi connectivity index (χ4n) is 3.78. The molecule has 3 aromatic carbocycles. The van der Waals surface area contributed by atoms with Crippen LogP contribution in [0.5, 0.6) is 5.75 Å². The molecule has 0 saturated carbocycles. The Morgan fingerprint density at radius 3 is 2.48 bits per heavy atom. The highest BCUT2D eigenvalue weighted by atomic mass is 35.5. The third kappa shape index (κ3) is 5.06. The zero-order chi connectivity index (χ0) is 21.6. The van der Waals surface area contributed by atoms with Gasteiger partial charge in [-0.25, -0.2) is 0 Å². The second kappa shape index (κ2) is 9.67. The molecule has 4 rings (SSSR count). The Balaban J connectivity index is 1.40. The largest absolute Gasteiger partial charge is 0.482 e. The van der Waals surface area contributed by atoms with E-state index in [0.29, 0.717) is 41.0 Å². The van der Waals surface area contributed by atoms with E-state index in [2.05, 4.69) is 17.4 Å². The maximum atomic E-state index is 13.2. The quantitative estimate of drug-likeness (QED) is 0.594. The molecule has 1 fully saturated rings. The summed E-state index contributed by atoms with van der Waals surface area (Å²) >= 11 is 6.06. The van der Waals surface area contributed by atoms with E-state index in [9.17, 15) is 9.59 Å². The van der Waals surface area contributed by atoms with Crippen LogP contribution >= 0.6 is 11.6 Å². The lowest BCUT2D eigenvalue weighted by atomic mass is 9.99. The molecule has 1 N–H and O–H groups in total. The van der Waals surface area contributed by atoms with Crippen LogP contribution in [0.25, 0.3) is 0 Å². The van der Waals surface area contributed by atoms with Crippen molar-refractivity contribution in [3.05, 3.63) is 95.0 Å². The van der Waals surface area contributed by atoms with Crippen molar-refractivity contribution in [3.8, 4) is 5.75 Å². The first-order valence-corrected chi connectivity index (χ1v) is 10.6. The zero-order valence-corrected chi connectivity index (χ0v) is 17.7. The van der Waals surface area contributed by atoms with Gasteiger partial charge in [0, 0.05) is 19.0 Å². The summed E-state index contributed by atoms with van der Waals surface area (Å²) < 4.78 is 5.49. The second-order valence-electron chi connectivity index (χ2n) is 7.46. The minimum Gasteiger partial charge on any atom is -0.482 e. The lowest BCUT2D eigenvalue weighted by molar-refractivity contribution is -0.118. The summed E-state index contributed by atoms with van der Waals surface area (Å²) in [7, 11) is 0. The molecule has 2 amide bonds. The summed E-state index contributed by atoms with van der Waals surface area (Å²) in [5.74, 6) is 0.328. The van der Waals surface area contributed by atoms with Crippen LogP contribution < -0.4 is 10.1 Å². The minimum atomic E-state index is -0.358. The van der Waals surface area contributed by atoms with Crippen LogP contribution in [0.15, 0.2) is 78.9 Å². The van der Waals surface area contributed by atoms with Crippen molar-refractivity contribution in [2.24, 2.45) is 0 Å². The van der Waals surface area contributed by atoms with Gasteiger partial charge in [0.2, 0.25) is 0 Å². The summed E-state index contributed by atoms with van der Waals surface area (Å²) in [6.45, 7) is 1.16. The first-order chi connectivity index (χ1) is 15.1. The summed E-state index contributed by atoms with van der Waals surface area (Å²) in [4.78, 5) is 27.5. The number of rotatable bonds is 6. The molecule has 0 radical (unpaired) electrons. The van der Waals surface area contributed by atoms with Gasteiger partial charge >= 0.3 is 0 Å². The predicted octanol–water partition coefficient (Wildman–Crippen LogP) is 4.99. The predicted molar refractivity (Wildman–Crippen MR) is 122 cm³/mol. The number of carbonyl (C=O) groups excluding carboxylic acids is 2. The molecule has 0 bridgehead atoms. The third-order valence-corrected chi connectivity index (χ3v) is 5.69. The number of amides is 2. The van der Waals surface area contributed by atoms with Crippen molar-refractivity contribution in [2.45, 2.75) is 12.3 Å². The average Bonchev–Trinajstić information content (AvgIpc) is 3.29. The van der Waals surface area contributed by atoms with Crippen molar-refractivity contribution in [1.29, 1.82) is 0 Å². The van der Waals surface area contributed by atoms with E-state index in [1.165, 1.54) is 5.56 Å². The molecule has 1 saturated heterocycles. The first kappa shape index (κ1) is 20.9. The van der Waals surface area contributed by atoms with Gasteiger partial charge in [0.1, 0.15) is 5.75 Å². The smallest absolute Gasteiger partial charge is 0.262 e. The molecular formula is C25H23ClN2O3. The summed E-state index contributed by atoms with van der Waals surface area (Å²) in [6, 6.07) is 24.3. The lowest BCUT2D eigenvalue weighted by Gasteiger charge is -2.19. The monoisotopic (exact) mass is 434 g/mol. The van der Waals surface area contributed by atoms with E-state index in [1.54, 1.807) is 48.5 Å². The average molecular weight is 435 g/mol. The van der Waals surface area contributed by atoms with Crippen LogP contribution in [0.3, 0.4) is 0 Å². The number of nitrogens with zero attached hydrogens (tertiary/aromatic N) is 1. The summed E-state index contributed by atoms with van der Waals surface area (Å²) in [5, 5.41) is 3.23. The number of likely N-dealkylation sites (tertiary alicyclic amines) is 1. The topological polar surface area (TPSA) is 58.6 Å². The summed E-state index contributed by atoms with van der Waals surface area (Å²) in [5.41, 5.74) is 2.20. The molecule has 1 aliphatic heterocycles. The van der Waals surface area contributed by atoms with Crippen LogP contribution in [0.4, 0.5) is 5.69 Å². The van der Waals surface area contributed by atoms with E-state index in [1.807, 2.05) is 23.1 Å². The molecule has 0 aromatic heterocycles. The molecule has 158 valence electrons. The summed E-state index contributed by atoms with van der Waals surface area (Å²) in [6.07, 6.45) is 0.927.